The van der Waals surface area contributed by atoms with Gasteiger partial charge in [-0.1, -0.05) is 18.0 Å². The summed E-state index contributed by atoms with van der Waals surface area (Å²) < 4.78 is 0. The van der Waals surface area contributed by atoms with Gasteiger partial charge in [0.25, 0.3) is 5.91 Å². The number of rotatable bonds is 4. The van der Waals surface area contributed by atoms with Gasteiger partial charge >= 0.3 is 0 Å². The molecule has 1 saturated carbocycles. The van der Waals surface area contributed by atoms with Gasteiger partial charge < -0.3 is 16.2 Å². The third kappa shape index (κ3) is 3.39. The molecule has 1 amide bonds. The molecule has 5 heteroatoms. The molecule has 0 aromatic heterocycles. The normalized spacial score (nSPS) is 22.4. The molecule has 2 unspecified atom stereocenters. The van der Waals surface area contributed by atoms with Crippen LogP contribution < -0.4 is 11.1 Å². The van der Waals surface area contributed by atoms with E-state index in [1.165, 1.54) is 0 Å². The van der Waals surface area contributed by atoms with Crippen molar-refractivity contribution >= 4 is 23.2 Å². The summed E-state index contributed by atoms with van der Waals surface area (Å²) in [5, 5.41) is 12.5. The first-order chi connectivity index (χ1) is 9.11. The number of hydrogen-bond acceptors (Lipinski definition) is 3. The van der Waals surface area contributed by atoms with E-state index < -0.39 is 0 Å². The second-order valence-corrected chi connectivity index (χ2v) is 5.49. The van der Waals surface area contributed by atoms with Crippen molar-refractivity contribution in [3.05, 3.63) is 28.8 Å². The largest absolute Gasteiger partial charge is 0.399 e. The topological polar surface area (TPSA) is 75.4 Å². The lowest BCUT2D eigenvalue weighted by molar-refractivity contribution is 0.0938. The predicted molar refractivity (Wildman–Crippen MR) is 76.1 cm³/mol. The van der Waals surface area contributed by atoms with E-state index in [-0.39, 0.29) is 12.5 Å². The van der Waals surface area contributed by atoms with Crippen LogP contribution in [0.3, 0.4) is 0 Å². The first-order valence-electron chi connectivity index (χ1n) is 6.56. The molecule has 2 rings (SSSR count). The summed E-state index contributed by atoms with van der Waals surface area (Å²) in [7, 11) is 0. The molecule has 1 aliphatic carbocycles. The molecule has 0 radical (unpaired) electrons. The molecule has 1 fully saturated rings. The summed E-state index contributed by atoms with van der Waals surface area (Å²) in [6.45, 7) is 0.786. The Kier molecular flexibility index (Phi) is 4.66. The summed E-state index contributed by atoms with van der Waals surface area (Å²) in [4.78, 5) is 12.0. The summed E-state index contributed by atoms with van der Waals surface area (Å²) in [5.74, 6) is 0.484. The van der Waals surface area contributed by atoms with Crippen LogP contribution in [0.15, 0.2) is 18.2 Å². The Morgan fingerprint density at radius 1 is 1.42 bits per heavy atom. The van der Waals surface area contributed by atoms with E-state index in [0.717, 1.165) is 19.3 Å². The summed E-state index contributed by atoms with van der Waals surface area (Å²) >= 11 is 5.99. The number of nitrogens with two attached hydrogens (primary N) is 1. The lowest BCUT2D eigenvalue weighted by atomic mass is 9.97. The van der Waals surface area contributed by atoms with Gasteiger partial charge in [-0.15, -0.1) is 0 Å². The molecule has 1 aliphatic rings. The molecule has 1 aromatic carbocycles. The third-order valence-electron chi connectivity index (χ3n) is 3.81. The fourth-order valence-corrected chi connectivity index (χ4v) is 2.93. The molecule has 0 bridgehead atoms. The van der Waals surface area contributed by atoms with Crippen LogP contribution in [0, 0.1) is 11.8 Å². The van der Waals surface area contributed by atoms with E-state index in [0.29, 0.717) is 34.7 Å². The SMILES string of the molecule is Nc1ccc(C(=O)NCC2CCCC2CO)c(Cl)c1. The highest BCUT2D eigenvalue weighted by molar-refractivity contribution is 6.34. The van der Waals surface area contributed by atoms with Crippen LogP contribution in [0.5, 0.6) is 0 Å². The Morgan fingerprint density at radius 2 is 2.16 bits per heavy atom. The van der Waals surface area contributed by atoms with Crippen LogP contribution in [0.1, 0.15) is 29.6 Å². The lowest BCUT2D eigenvalue weighted by Gasteiger charge is -2.18. The number of carbonyl (C=O) groups is 1. The quantitative estimate of drug-likeness (QED) is 0.740. The Bertz CT molecular complexity index is 465. The number of halogens is 1. The van der Waals surface area contributed by atoms with Crippen molar-refractivity contribution in [2.75, 3.05) is 18.9 Å². The van der Waals surface area contributed by atoms with Crippen molar-refractivity contribution in [1.82, 2.24) is 5.32 Å². The van der Waals surface area contributed by atoms with Gasteiger partial charge in [-0.05, 0) is 42.9 Å². The number of aliphatic hydroxyl groups excluding tert-OH is 1. The van der Waals surface area contributed by atoms with Crippen LogP contribution in [-0.4, -0.2) is 24.2 Å². The fraction of sp³-hybridized carbons (Fsp3) is 0.500. The van der Waals surface area contributed by atoms with E-state index in [1.54, 1.807) is 18.2 Å². The molecule has 2 atom stereocenters. The first kappa shape index (κ1) is 14.2. The molecule has 0 aliphatic heterocycles. The predicted octanol–water partition coefficient (Wildman–Crippen LogP) is 2.06. The number of nitrogen functional groups attached to an aromatic ring is 1. The number of carbonyl (C=O) groups excluding carboxylic acids is 1. The Morgan fingerprint density at radius 3 is 2.84 bits per heavy atom. The van der Waals surface area contributed by atoms with Gasteiger partial charge in [0.15, 0.2) is 0 Å². The van der Waals surface area contributed by atoms with Crippen molar-refractivity contribution in [3.63, 3.8) is 0 Å². The van der Waals surface area contributed by atoms with Crippen molar-refractivity contribution in [3.8, 4) is 0 Å². The molecule has 0 spiro atoms. The van der Waals surface area contributed by atoms with Gasteiger partial charge in [-0.3, -0.25) is 4.79 Å². The lowest BCUT2D eigenvalue weighted by Crippen LogP contribution is -2.31. The molecule has 104 valence electrons. The highest BCUT2D eigenvalue weighted by atomic mass is 35.5. The maximum Gasteiger partial charge on any atom is 0.252 e. The van der Waals surface area contributed by atoms with Gasteiger partial charge in [-0.25, -0.2) is 0 Å². The molecule has 0 heterocycles. The fourth-order valence-electron chi connectivity index (χ4n) is 2.66. The number of amides is 1. The average Bonchev–Trinajstić information content (AvgIpc) is 2.83. The van der Waals surface area contributed by atoms with Crippen LogP contribution in [0.4, 0.5) is 5.69 Å². The number of anilines is 1. The molecule has 19 heavy (non-hydrogen) atoms. The maximum atomic E-state index is 12.0. The monoisotopic (exact) mass is 282 g/mol. The maximum absolute atomic E-state index is 12.0. The highest BCUT2D eigenvalue weighted by Gasteiger charge is 2.26. The van der Waals surface area contributed by atoms with E-state index >= 15 is 0 Å². The van der Waals surface area contributed by atoms with Gasteiger partial charge in [0.05, 0.1) is 10.6 Å². The van der Waals surface area contributed by atoms with Crippen LogP contribution in [-0.2, 0) is 0 Å². The molecular weight excluding hydrogens is 264 g/mol. The smallest absolute Gasteiger partial charge is 0.252 e. The number of nitrogens with one attached hydrogen (secondary N) is 1. The first-order valence-corrected chi connectivity index (χ1v) is 6.93. The number of hydrogen-bond donors (Lipinski definition) is 3. The molecule has 1 aromatic rings. The van der Waals surface area contributed by atoms with Crippen LogP contribution >= 0.6 is 11.6 Å². The van der Waals surface area contributed by atoms with Crippen molar-refractivity contribution in [2.45, 2.75) is 19.3 Å². The van der Waals surface area contributed by atoms with Crippen molar-refractivity contribution in [2.24, 2.45) is 11.8 Å². The van der Waals surface area contributed by atoms with Gasteiger partial charge in [0.2, 0.25) is 0 Å². The Hall–Kier alpha value is -1.26. The highest BCUT2D eigenvalue weighted by Crippen LogP contribution is 2.30. The Balaban J connectivity index is 1.94. The van der Waals surface area contributed by atoms with Crippen molar-refractivity contribution in [1.29, 1.82) is 0 Å². The van der Waals surface area contributed by atoms with Gasteiger partial charge in [-0.2, -0.15) is 0 Å². The number of benzene rings is 1. The zero-order valence-corrected chi connectivity index (χ0v) is 11.5. The second-order valence-electron chi connectivity index (χ2n) is 5.08. The summed E-state index contributed by atoms with van der Waals surface area (Å²) in [5.41, 5.74) is 6.57. The van der Waals surface area contributed by atoms with Gasteiger partial charge in [0, 0.05) is 18.8 Å². The molecular formula is C14H19ClN2O2. The van der Waals surface area contributed by atoms with Crippen molar-refractivity contribution < 1.29 is 9.90 Å². The molecule has 4 nitrogen and oxygen atoms in total. The molecule has 4 N–H and O–H groups in total. The Labute approximate surface area is 117 Å². The van der Waals surface area contributed by atoms with E-state index in [4.69, 9.17) is 17.3 Å². The van der Waals surface area contributed by atoms with Gasteiger partial charge in [0.1, 0.15) is 0 Å². The standard InChI is InChI=1S/C14H19ClN2O2/c15-13-6-11(16)4-5-12(13)14(19)17-7-9-2-1-3-10(9)8-18/h4-6,9-10,18H,1-3,7-8,16H2,(H,17,19). The van der Waals surface area contributed by atoms with E-state index in [9.17, 15) is 9.90 Å². The van der Waals surface area contributed by atoms with Crippen LogP contribution in [0.2, 0.25) is 5.02 Å². The molecule has 0 saturated heterocycles. The van der Waals surface area contributed by atoms with E-state index in [2.05, 4.69) is 5.32 Å². The zero-order chi connectivity index (χ0) is 13.8. The third-order valence-corrected chi connectivity index (χ3v) is 4.13. The summed E-state index contributed by atoms with van der Waals surface area (Å²) in [6, 6.07) is 4.86. The van der Waals surface area contributed by atoms with E-state index in [1.807, 2.05) is 0 Å². The minimum absolute atomic E-state index is 0.186. The second kappa shape index (κ2) is 6.26. The van der Waals surface area contributed by atoms with Crippen LogP contribution in [0.25, 0.3) is 0 Å². The zero-order valence-electron chi connectivity index (χ0n) is 10.7. The minimum atomic E-state index is -0.186. The minimum Gasteiger partial charge on any atom is -0.399 e. The summed E-state index contributed by atoms with van der Waals surface area (Å²) in [6.07, 6.45) is 3.22. The average molecular weight is 283 g/mol. The number of aliphatic hydroxyl groups is 1.